The second-order valence-electron chi connectivity index (χ2n) is 7.19. The van der Waals surface area contributed by atoms with E-state index in [4.69, 9.17) is 0 Å². The largest absolute Gasteiger partial charge is 0.357 e. The van der Waals surface area contributed by atoms with Crippen LogP contribution in [0.5, 0.6) is 0 Å². The highest BCUT2D eigenvalue weighted by atomic mass is 16.2. The predicted molar refractivity (Wildman–Crippen MR) is 108 cm³/mol. The molecule has 0 radical (unpaired) electrons. The summed E-state index contributed by atoms with van der Waals surface area (Å²) >= 11 is 0. The maximum absolute atomic E-state index is 12.3. The summed E-state index contributed by atoms with van der Waals surface area (Å²) in [5.41, 5.74) is -0.0374. The number of nitrogens with one attached hydrogen (secondary N) is 1. The molecular formula is C20H21N7O2. The first kappa shape index (κ1) is 18.7. The van der Waals surface area contributed by atoms with Gasteiger partial charge in [-0.3, -0.25) is 19.0 Å². The number of anilines is 1. The Hall–Kier alpha value is -3.67. The summed E-state index contributed by atoms with van der Waals surface area (Å²) < 4.78 is 2.34. The van der Waals surface area contributed by atoms with E-state index >= 15 is 0 Å². The third kappa shape index (κ3) is 3.23. The zero-order valence-electron chi connectivity index (χ0n) is 16.3. The summed E-state index contributed by atoms with van der Waals surface area (Å²) in [6, 6.07) is 11.8. The molecule has 0 unspecified atom stereocenters. The predicted octanol–water partition coefficient (Wildman–Crippen LogP) is 1.12. The molecule has 3 heterocycles. The van der Waals surface area contributed by atoms with Gasteiger partial charge in [-0.2, -0.15) is 10.4 Å². The number of rotatable bonds is 3. The van der Waals surface area contributed by atoms with E-state index in [-0.39, 0.29) is 11.5 Å². The standard InChI is InChI=1S/C20H21N7O2/c1-25-18(15(12-21)19(28)26(2)20(25)29)27-10-8-14(9-11-27)17-22-16(23-24-17)13-6-4-3-5-7-13/h3-7,14H,8-11H2,1-2H3,(H,22,23,24). The lowest BCUT2D eigenvalue weighted by Crippen LogP contribution is -2.44. The molecule has 0 bridgehead atoms. The van der Waals surface area contributed by atoms with Gasteiger partial charge in [0.25, 0.3) is 5.56 Å². The van der Waals surface area contributed by atoms with Crippen LogP contribution in [0.4, 0.5) is 5.82 Å². The molecule has 1 N–H and O–H groups in total. The van der Waals surface area contributed by atoms with Crippen molar-refractivity contribution in [2.24, 2.45) is 14.1 Å². The second kappa shape index (κ2) is 7.39. The highest BCUT2D eigenvalue weighted by Crippen LogP contribution is 2.29. The Kier molecular flexibility index (Phi) is 4.76. The van der Waals surface area contributed by atoms with E-state index in [1.54, 1.807) is 7.05 Å². The minimum Gasteiger partial charge on any atom is -0.357 e. The molecule has 0 aliphatic carbocycles. The molecule has 2 aromatic heterocycles. The van der Waals surface area contributed by atoms with Crippen molar-refractivity contribution in [1.82, 2.24) is 24.3 Å². The molecule has 1 aliphatic heterocycles. The first-order valence-corrected chi connectivity index (χ1v) is 9.44. The summed E-state index contributed by atoms with van der Waals surface area (Å²) in [4.78, 5) is 31.2. The number of nitrogens with zero attached hydrogens (tertiary/aromatic N) is 6. The summed E-state index contributed by atoms with van der Waals surface area (Å²) in [7, 11) is 2.97. The number of H-pyrrole nitrogens is 1. The molecular weight excluding hydrogens is 370 g/mol. The third-order valence-corrected chi connectivity index (χ3v) is 5.46. The highest BCUT2D eigenvalue weighted by molar-refractivity contribution is 5.55. The van der Waals surface area contributed by atoms with Gasteiger partial charge in [-0.15, -0.1) is 0 Å². The average Bonchev–Trinajstić information content (AvgIpc) is 3.26. The van der Waals surface area contributed by atoms with Crippen molar-refractivity contribution in [2.75, 3.05) is 18.0 Å². The molecule has 29 heavy (non-hydrogen) atoms. The Labute approximate surface area is 166 Å². The van der Waals surface area contributed by atoms with E-state index in [0.717, 1.165) is 28.8 Å². The maximum Gasteiger partial charge on any atom is 0.332 e. The fraction of sp³-hybridized carbons (Fsp3) is 0.350. The van der Waals surface area contributed by atoms with Gasteiger partial charge in [-0.1, -0.05) is 30.3 Å². The van der Waals surface area contributed by atoms with Crippen molar-refractivity contribution < 1.29 is 0 Å². The van der Waals surface area contributed by atoms with Gasteiger partial charge in [-0.05, 0) is 12.8 Å². The molecule has 0 amide bonds. The summed E-state index contributed by atoms with van der Waals surface area (Å²) in [5, 5.41) is 16.9. The van der Waals surface area contributed by atoms with Crippen molar-refractivity contribution in [2.45, 2.75) is 18.8 Å². The number of hydrogen-bond donors (Lipinski definition) is 1. The Morgan fingerprint density at radius 1 is 1.10 bits per heavy atom. The Morgan fingerprint density at radius 3 is 2.45 bits per heavy atom. The molecule has 4 rings (SSSR count). The van der Waals surface area contributed by atoms with Crippen LogP contribution in [-0.2, 0) is 14.1 Å². The van der Waals surface area contributed by atoms with Crippen LogP contribution < -0.4 is 16.1 Å². The van der Waals surface area contributed by atoms with Gasteiger partial charge in [-0.25, -0.2) is 9.78 Å². The van der Waals surface area contributed by atoms with E-state index in [1.165, 1.54) is 11.6 Å². The number of piperidine rings is 1. The van der Waals surface area contributed by atoms with Gasteiger partial charge in [0.15, 0.2) is 11.4 Å². The summed E-state index contributed by atoms with van der Waals surface area (Å²) in [5.74, 6) is 2.09. The van der Waals surface area contributed by atoms with E-state index in [0.29, 0.717) is 24.7 Å². The molecule has 0 atom stereocenters. The van der Waals surface area contributed by atoms with E-state index < -0.39 is 11.2 Å². The summed E-state index contributed by atoms with van der Waals surface area (Å²) in [6.45, 7) is 1.22. The minimum absolute atomic E-state index is 0.000853. The van der Waals surface area contributed by atoms with Gasteiger partial charge < -0.3 is 4.90 Å². The van der Waals surface area contributed by atoms with Crippen molar-refractivity contribution in [3.05, 3.63) is 62.6 Å². The monoisotopic (exact) mass is 391 g/mol. The molecule has 9 nitrogen and oxygen atoms in total. The van der Waals surface area contributed by atoms with E-state index in [1.807, 2.05) is 41.3 Å². The number of nitriles is 1. The fourth-order valence-electron chi connectivity index (χ4n) is 3.84. The SMILES string of the molecule is Cn1c(N2CCC(c3nc(-c4ccccc4)n[nH]3)CC2)c(C#N)c(=O)n(C)c1=O. The zero-order chi connectivity index (χ0) is 20.5. The average molecular weight is 391 g/mol. The molecule has 3 aromatic rings. The lowest BCUT2D eigenvalue weighted by molar-refractivity contribution is 0.477. The quantitative estimate of drug-likeness (QED) is 0.716. The van der Waals surface area contributed by atoms with Crippen LogP contribution >= 0.6 is 0 Å². The molecule has 9 heteroatoms. The molecule has 148 valence electrons. The second-order valence-corrected chi connectivity index (χ2v) is 7.19. The Balaban J connectivity index is 1.56. The highest BCUT2D eigenvalue weighted by Gasteiger charge is 2.28. The summed E-state index contributed by atoms with van der Waals surface area (Å²) in [6.07, 6.45) is 1.55. The van der Waals surface area contributed by atoms with Gasteiger partial charge in [0.1, 0.15) is 17.7 Å². The molecule has 1 fully saturated rings. The minimum atomic E-state index is -0.560. The van der Waals surface area contributed by atoms with Gasteiger partial charge in [0.2, 0.25) is 0 Å². The van der Waals surface area contributed by atoms with E-state index in [9.17, 15) is 14.9 Å². The van der Waals surface area contributed by atoms with Crippen LogP contribution in [0.3, 0.4) is 0 Å². The van der Waals surface area contributed by atoms with Gasteiger partial charge in [0.05, 0.1) is 0 Å². The molecule has 1 aliphatic rings. The first-order valence-electron chi connectivity index (χ1n) is 9.44. The zero-order valence-corrected chi connectivity index (χ0v) is 16.3. The van der Waals surface area contributed by atoms with Crippen molar-refractivity contribution in [1.29, 1.82) is 5.26 Å². The third-order valence-electron chi connectivity index (χ3n) is 5.46. The smallest absolute Gasteiger partial charge is 0.332 e. The van der Waals surface area contributed by atoms with Crippen molar-refractivity contribution >= 4 is 5.82 Å². The van der Waals surface area contributed by atoms with Crippen LogP contribution in [0.15, 0.2) is 39.9 Å². The molecule has 0 saturated carbocycles. The number of benzene rings is 1. The number of aromatic amines is 1. The van der Waals surface area contributed by atoms with Crippen LogP contribution in [-0.4, -0.2) is 37.4 Å². The fourth-order valence-corrected chi connectivity index (χ4v) is 3.84. The lowest BCUT2D eigenvalue weighted by Gasteiger charge is -2.33. The van der Waals surface area contributed by atoms with Crippen LogP contribution in [0.25, 0.3) is 11.4 Å². The molecule has 1 saturated heterocycles. The molecule has 1 aromatic carbocycles. The van der Waals surface area contributed by atoms with Crippen LogP contribution in [0.2, 0.25) is 0 Å². The van der Waals surface area contributed by atoms with Gasteiger partial charge >= 0.3 is 5.69 Å². The number of hydrogen-bond acceptors (Lipinski definition) is 6. The maximum atomic E-state index is 12.3. The van der Waals surface area contributed by atoms with Gasteiger partial charge in [0, 0.05) is 38.7 Å². The first-order chi connectivity index (χ1) is 14.0. The van der Waals surface area contributed by atoms with Crippen molar-refractivity contribution in [3.63, 3.8) is 0 Å². The van der Waals surface area contributed by atoms with Crippen LogP contribution in [0.1, 0.15) is 30.1 Å². The normalized spacial score (nSPS) is 14.7. The van der Waals surface area contributed by atoms with Crippen LogP contribution in [0, 0.1) is 11.3 Å². The number of aromatic nitrogens is 5. The van der Waals surface area contributed by atoms with Crippen molar-refractivity contribution in [3.8, 4) is 17.5 Å². The lowest BCUT2D eigenvalue weighted by atomic mass is 9.96. The Morgan fingerprint density at radius 2 is 1.79 bits per heavy atom. The molecule has 0 spiro atoms. The topological polar surface area (TPSA) is 113 Å². The van der Waals surface area contributed by atoms with E-state index in [2.05, 4.69) is 15.2 Å². The Bertz CT molecular complexity index is 1190.